The Bertz CT molecular complexity index is 1110. The van der Waals surface area contributed by atoms with Gasteiger partial charge in [-0.2, -0.15) is 4.99 Å². The molecular weight excluding hydrogens is 442 g/mol. The number of sulfone groups is 1. The van der Waals surface area contributed by atoms with E-state index in [1.807, 2.05) is 0 Å². The monoisotopic (exact) mass is 456 g/mol. The van der Waals surface area contributed by atoms with E-state index in [-0.39, 0.29) is 28.2 Å². The fourth-order valence-corrected chi connectivity index (χ4v) is 7.47. The Labute approximate surface area is 175 Å². The molecular formula is C19H15ClF2N2O3S2. The van der Waals surface area contributed by atoms with Crippen LogP contribution >= 0.6 is 23.4 Å². The summed E-state index contributed by atoms with van der Waals surface area (Å²) in [6.07, 6.45) is -0.0270. The van der Waals surface area contributed by atoms with E-state index in [1.165, 1.54) is 48.2 Å². The maximum absolute atomic E-state index is 14.0. The number of aliphatic imine (C=N–C) groups is 1. The Morgan fingerprint density at radius 2 is 1.90 bits per heavy atom. The van der Waals surface area contributed by atoms with Crippen LogP contribution in [0.15, 0.2) is 47.5 Å². The van der Waals surface area contributed by atoms with Gasteiger partial charge >= 0.3 is 0 Å². The summed E-state index contributed by atoms with van der Waals surface area (Å²) in [5.74, 6) is -1.62. The van der Waals surface area contributed by atoms with Crippen LogP contribution in [-0.2, 0) is 21.1 Å². The summed E-state index contributed by atoms with van der Waals surface area (Å²) < 4.78 is 51.2. The third-order valence-electron chi connectivity index (χ3n) is 4.74. The molecule has 2 aliphatic heterocycles. The average molecular weight is 457 g/mol. The second kappa shape index (κ2) is 7.70. The molecule has 2 atom stereocenters. The topological polar surface area (TPSA) is 66.8 Å². The van der Waals surface area contributed by atoms with E-state index in [0.29, 0.717) is 16.4 Å². The number of benzene rings is 2. The minimum Gasteiger partial charge on any atom is -0.315 e. The number of rotatable bonds is 3. The number of hydrogen-bond donors (Lipinski definition) is 0. The minimum atomic E-state index is -3.23. The molecule has 2 aromatic carbocycles. The molecule has 29 heavy (non-hydrogen) atoms. The standard InChI is InChI=1S/C19H15ClF2N2O3S2/c20-14-6-5-13(8-15(14)22)24-16-9-29(26,27)10-17(16)28-19(24)23-18(25)7-11-1-3-12(21)4-2-11/h1-6,8,16-17H,7,9-10H2/t16-,17+/m0/s1. The van der Waals surface area contributed by atoms with E-state index < -0.39 is 33.4 Å². The summed E-state index contributed by atoms with van der Waals surface area (Å²) in [6.45, 7) is 0. The lowest BCUT2D eigenvalue weighted by atomic mass is 10.1. The molecule has 0 aliphatic carbocycles. The summed E-state index contributed by atoms with van der Waals surface area (Å²) in [6, 6.07) is 9.24. The maximum atomic E-state index is 14.0. The first-order chi connectivity index (χ1) is 13.7. The van der Waals surface area contributed by atoms with Gasteiger partial charge in [0.15, 0.2) is 15.0 Å². The third kappa shape index (κ3) is 4.31. The molecule has 0 spiro atoms. The van der Waals surface area contributed by atoms with Crippen LogP contribution in [0.2, 0.25) is 5.02 Å². The maximum Gasteiger partial charge on any atom is 0.252 e. The molecule has 5 nitrogen and oxygen atoms in total. The number of carbonyl (C=O) groups is 1. The van der Waals surface area contributed by atoms with Crippen LogP contribution in [0.4, 0.5) is 14.5 Å². The second-order valence-corrected chi connectivity index (χ2v) is 10.6. The van der Waals surface area contributed by atoms with E-state index in [1.54, 1.807) is 11.0 Å². The van der Waals surface area contributed by atoms with Crippen LogP contribution in [0, 0.1) is 11.6 Å². The molecule has 2 aromatic rings. The molecule has 4 rings (SSSR count). The number of fused-ring (bicyclic) bond motifs is 1. The van der Waals surface area contributed by atoms with Gasteiger partial charge < -0.3 is 4.90 Å². The normalized spacial score (nSPS) is 24.1. The zero-order valence-corrected chi connectivity index (χ0v) is 17.3. The van der Waals surface area contributed by atoms with Crippen LogP contribution in [0.25, 0.3) is 0 Å². The molecule has 10 heteroatoms. The molecule has 0 bridgehead atoms. The molecule has 0 N–H and O–H groups in total. The summed E-state index contributed by atoms with van der Waals surface area (Å²) in [5.41, 5.74) is 0.993. The van der Waals surface area contributed by atoms with E-state index in [9.17, 15) is 22.0 Å². The largest absolute Gasteiger partial charge is 0.315 e. The Hall–Kier alpha value is -1.97. The number of amidine groups is 1. The molecule has 0 radical (unpaired) electrons. The number of anilines is 1. The van der Waals surface area contributed by atoms with Gasteiger partial charge in [-0.15, -0.1) is 0 Å². The lowest BCUT2D eigenvalue weighted by molar-refractivity contribution is -0.117. The minimum absolute atomic E-state index is 0.0270. The van der Waals surface area contributed by atoms with Crippen LogP contribution in [-0.4, -0.2) is 42.3 Å². The highest BCUT2D eigenvalue weighted by Gasteiger charge is 2.49. The summed E-state index contributed by atoms with van der Waals surface area (Å²) in [7, 11) is -3.23. The SMILES string of the molecule is O=C(Cc1ccc(F)cc1)N=C1S[C@@H]2CS(=O)(=O)C[C@@H]2N1c1ccc(Cl)c(F)c1. The van der Waals surface area contributed by atoms with E-state index in [0.717, 1.165) is 0 Å². The van der Waals surface area contributed by atoms with Crippen molar-refractivity contribution in [2.75, 3.05) is 16.4 Å². The number of amides is 1. The summed E-state index contributed by atoms with van der Waals surface area (Å²) >= 11 is 6.96. The molecule has 0 aromatic heterocycles. The highest BCUT2D eigenvalue weighted by Crippen LogP contribution is 2.41. The quantitative estimate of drug-likeness (QED) is 0.707. The number of thioether (sulfide) groups is 1. The van der Waals surface area contributed by atoms with E-state index >= 15 is 0 Å². The number of hydrogen-bond acceptors (Lipinski definition) is 4. The van der Waals surface area contributed by atoms with Crippen molar-refractivity contribution in [2.24, 2.45) is 4.99 Å². The van der Waals surface area contributed by atoms with Crippen LogP contribution in [0.3, 0.4) is 0 Å². The number of nitrogens with zero attached hydrogens (tertiary/aromatic N) is 2. The summed E-state index contributed by atoms with van der Waals surface area (Å²) in [5, 5.41) is -0.0260. The van der Waals surface area contributed by atoms with Crippen LogP contribution < -0.4 is 4.90 Å². The lowest BCUT2D eigenvalue weighted by Gasteiger charge is -2.24. The number of halogens is 3. The highest BCUT2D eigenvalue weighted by atomic mass is 35.5. The van der Waals surface area contributed by atoms with Gasteiger partial charge in [0.05, 0.1) is 29.0 Å². The zero-order valence-electron chi connectivity index (χ0n) is 14.9. The van der Waals surface area contributed by atoms with E-state index in [2.05, 4.69) is 4.99 Å². The van der Waals surface area contributed by atoms with Gasteiger partial charge in [-0.25, -0.2) is 17.2 Å². The predicted octanol–water partition coefficient (Wildman–Crippen LogP) is 3.46. The van der Waals surface area contributed by atoms with Gasteiger partial charge in [0.1, 0.15) is 11.6 Å². The number of carbonyl (C=O) groups excluding carboxylic acids is 1. The predicted molar refractivity (Wildman–Crippen MR) is 110 cm³/mol. The second-order valence-electron chi connectivity index (χ2n) is 6.86. The molecule has 2 fully saturated rings. The zero-order chi connectivity index (χ0) is 20.8. The molecule has 0 saturated carbocycles. The first-order valence-corrected chi connectivity index (χ1v) is 11.8. The first-order valence-electron chi connectivity index (χ1n) is 8.69. The van der Waals surface area contributed by atoms with Crippen molar-refractivity contribution in [1.82, 2.24) is 0 Å². The van der Waals surface area contributed by atoms with Crippen molar-refractivity contribution in [1.29, 1.82) is 0 Å². The van der Waals surface area contributed by atoms with Crippen molar-refractivity contribution < 1.29 is 22.0 Å². The molecule has 2 saturated heterocycles. The molecule has 1 amide bonds. The van der Waals surface area contributed by atoms with Crippen molar-refractivity contribution >= 4 is 50.0 Å². The average Bonchev–Trinajstić information content (AvgIpc) is 3.10. The molecule has 2 heterocycles. The lowest BCUT2D eigenvalue weighted by Crippen LogP contribution is -2.37. The van der Waals surface area contributed by atoms with Gasteiger partial charge in [-0.1, -0.05) is 35.5 Å². The van der Waals surface area contributed by atoms with Gasteiger partial charge in [0.2, 0.25) is 0 Å². The van der Waals surface area contributed by atoms with Gasteiger partial charge in [-0.3, -0.25) is 4.79 Å². The fourth-order valence-electron chi connectivity index (χ4n) is 3.42. The third-order valence-corrected chi connectivity index (χ3v) is 8.25. The molecule has 152 valence electrons. The smallest absolute Gasteiger partial charge is 0.252 e. The van der Waals surface area contributed by atoms with Crippen molar-refractivity contribution in [3.63, 3.8) is 0 Å². The molecule has 2 aliphatic rings. The molecule has 0 unspecified atom stereocenters. The van der Waals surface area contributed by atoms with Crippen molar-refractivity contribution in [3.05, 3.63) is 64.7 Å². The Kier molecular flexibility index (Phi) is 5.39. The van der Waals surface area contributed by atoms with Gasteiger partial charge in [-0.05, 0) is 35.9 Å². The van der Waals surface area contributed by atoms with Gasteiger partial charge in [0, 0.05) is 10.9 Å². The summed E-state index contributed by atoms with van der Waals surface area (Å²) in [4.78, 5) is 18.2. The first kappa shape index (κ1) is 20.3. The van der Waals surface area contributed by atoms with Crippen molar-refractivity contribution in [2.45, 2.75) is 17.7 Å². The van der Waals surface area contributed by atoms with E-state index in [4.69, 9.17) is 11.6 Å². The van der Waals surface area contributed by atoms with Crippen molar-refractivity contribution in [3.8, 4) is 0 Å². The van der Waals surface area contributed by atoms with Gasteiger partial charge in [0.25, 0.3) is 5.91 Å². The van der Waals surface area contributed by atoms with Crippen LogP contribution in [0.5, 0.6) is 0 Å². The Morgan fingerprint density at radius 1 is 1.17 bits per heavy atom. The highest BCUT2D eigenvalue weighted by molar-refractivity contribution is 8.16. The Balaban J connectivity index is 1.65. The fraction of sp³-hybridized carbons (Fsp3) is 0.263. The Morgan fingerprint density at radius 3 is 2.59 bits per heavy atom. The van der Waals surface area contributed by atoms with Crippen LogP contribution in [0.1, 0.15) is 5.56 Å².